The van der Waals surface area contributed by atoms with Crippen LogP contribution in [0.3, 0.4) is 0 Å². The van der Waals surface area contributed by atoms with E-state index in [1.54, 1.807) is 45.4 Å². The Hall–Kier alpha value is -3.63. The zero-order chi connectivity index (χ0) is 58.7. The number of rotatable bonds is 15. The van der Waals surface area contributed by atoms with Crippen molar-refractivity contribution in [3.8, 4) is 11.8 Å². The van der Waals surface area contributed by atoms with Gasteiger partial charge in [0.15, 0.2) is 12.6 Å². The van der Waals surface area contributed by atoms with Crippen LogP contribution in [0.25, 0.3) is 10.9 Å². The van der Waals surface area contributed by atoms with E-state index in [1.165, 1.54) is 13.1 Å². The van der Waals surface area contributed by atoms with Crippen molar-refractivity contribution >= 4 is 22.8 Å². The third-order valence-corrected chi connectivity index (χ3v) is 17.1. The Balaban J connectivity index is 1.16. The predicted molar refractivity (Wildman–Crippen MR) is 294 cm³/mol. The van der Waals surface area contributed by atoms with E-state index in [0.29, 0.717) is 56.7 Å². The Labute approximate surface area is 467 Å². The smallest absolute Gasteiger partial charge is 0.341 e. The molecule has 0 aliphatic carbocycles. The molecule has 6 rings (SSSR count). The Morgan fingerprint density at radius 2 is 1.63 bits per heavy atom. The number of esters is 1. The molecule has 0 bridgehead atoms. The van der Waals surface area contributed by atoms with E-state index in [1.807, 2.05) is 85.5 Å². The number of aliphatic hydroxyl groups excluding tert-OH is 2. The molecule has 1 aromatic heterocycles. The van der Waals surface area contributed by atoms with Gasteiger partial charge in [0, 0.05) is 80.4 Å². The van der Waals surface area contributed by atoms with Crippen molar-refractivity contribution in [1.82, 2.24) is 14.4 Å². The maximum absolute atomic E-state index is 14.6. The lowest BCUT2D eigenvalue weighted by molar-refractivity contribution is -0.320. The minimum Gasteiger partial charge on any atom is -0.477 e. The van der Waals surface area contributed by atoms with Gasteiger partial charge in [-0.05, 0) is 127 Å². The van der Waals surface area contributed by atoms with Crippen LogP contribution in [0.4, 0.5) is 0 Å². The average Bonchev–Trinajstić information content (AvgIpc) is 3.49. The molecule has 18 atom stereocenters. The molecule has 5 N–H and O–H groups in total. The number of ether oxygens (including phenoxy) is 9. The van der Waals surface area contributed by atoms with Crippen molar-refractivity contribution in [2.75, 3.05) is 54.6 Å². The van der Waals surface area contributed by atoms with Crippen LogP contribution in [-0.2, 0) is 59.8 Å². The Bertz CT molecular complexity index is 2520. The standard InChI is InChI=1S/C59H93N3O17/c1-17-44-59(12,70)50(65)37(6)61(15)30-33(2)28-57(10,69)51(79-55-48(64)43(60(13)14)25-34(3)75-55)35(4)49(36(5)54(68)77-44)78-45-29-58(11,71-16)52(38(7)76-45)73-24-20-23-72-22-19-18-21-39-26-40-32-74-56(8,9)62-31-42(53(66)67)47(63)41(27-39)46(40)62/h26-27,31,33-38,43-45,48-52,55,64-65,69-70H,17,19-20,22-25,28-30,32H2,1-16H3,(H,66,67)/t33-,34-,35+,36-,37-,38+,43+,44-,45+,48-,49+,50-,51-,52+,55+,57-,58-,59-/m1/s1. The summed E-state index contributed by atoms with van der Waals surface area (Å²) in [6.07, 6.45) is -5.76. The molecule has 0 saturated carbocycles. The minimum absolute atomic E-state index is 0.174. The highest BCUT2D eigenvalue weighted by molar-refractivity contribution is 5.94. The quantitative estimate of drug-likeness (QED) is 0.0894. The van der Waals surface area contributed by atoms with Crippen molar-refractivity contribution in [2.24, 2.45) is 17.8 Å². The maximum Gasteiger partial charge on any atom is 0.341 e. The third kappa shape index (κ3) is 14.6. The molecular weight excluding hydrogens is 1020 g/mol. The summed E-state index contributed by atoms with van der Waals surface area (Å²) in [5, 5.41) is 58.2. The fraction of sp³-hybridized carbons (Fsp3) is 0.780. The molecule has 3 saturated heterocycles. The normalized spacial score (nSPS) is 37.9. The van der Waals surface area contributed by atoms with Gasteiger partial charge in [0.1, 0.15) is 41.3 Å². The van der Waals surface area contributed by atoms with Crippen molar-refractivity contribution < 1.29 is 77.8 Å². The van der Waals surface area contributed by atoms with Crippen LogP contribution in [0.5, 0.6) is 0 Å². The number of methoxy groups -OCH3 is 1. The average molecular weight is 1120 g/mol. The highest BCUT2D eigenvalue weighted by Gasteiger charge is 2.53. The van der Waals surface area contributed by atoms with E-state index in [-0.39, 0.29) is 54.9 Å². The number of nitrogens with zero attached hydrogens (tertiary/aromatic N) is 3. The van der Waals surface area contributed by atoms with Crippen molar-refractivity contribution in [3.05, 3.63) is 45.2 Å². The molecule has 0 amide bonds. The SMILES string of the molecule is CC[C@H]1OC(=O)[C@H](C)[C@@H](O[C@H]2C[C@@](C)(OC)[C@@H](OCCCOCCC#Cc3cc4c5c(c3)c(=O)c(C(=O)O)cn5C(C)(C)OC4)[C@H](C)O2)[C@H](C)[C@@H](O[C@@H]2O[C@H](C)C[C@H](N(C)C)[C@H]2O)[C@](C)(O)C[C@@H](C)CN(C)[C@H](C)[C@@H](O)[C@]1(C)O. The van der Waals surface area contributed by atoms with Crippen LogP contribution in [-0.4, -0.2) is 197 Å². The van der Waals surface area contributed by atoms with E-state index in [4.69, 9.17) is 42.6 Å². The van der Waals surface area contributed by atoms with E-state index < -0.39 is 113 Å². The van der Waals surface area contributed by atoms with Gasteiger partial charge >= 0.3 is 11.9 Å². The summed E-state index contributed by atoms with van der Waals surface area (Å²) in [6.45, 7) is 23.3. The molecule has 446 valence electrons. The fourth-order valence-electron chi connectivity index (χ4n) is 12.4. The lowest BCUT2D eigenvalue weighted by atomic mass is 9.77. The summed E-state index contributed by atoms with van der Waals surface area (Å²) in [6, 6.07) is 2.62. The van der Waals surface area contributed by atoms with E-state index >= 15 is 0 Å². The summed E-state index contributed by atoms with van der Waals surface area (Å²) in [4.78, 5) is 43.7. The van der Waals surface area contributed by atoms with Crippen LogP contribution in [0.1, 0.15) is 143 Å². The van der Waals surface area contributed by atoms with Gasteiger partial charge in [0.25, 0.3) is 0 Å². The van der Waals surface area contributed by atoms with Crippen molar-refractivity contribution in [3.63, 3.8) is 0 Å². The number of aromatic carboxylic acids is 1. The number of aliphatic hydroxyl groups is 4. The molecule has 0 spiro atoms. The number of carboxylic acid groups (broad SMARTS) is 1. The van der Waals surface area contributed by atoms with Gasteiger partial charge in [0.2, 0.25) is 5.43 Å². The molecule has 0 radical (unpaired) electrons. The van der Waals surface area contributed by atoms with Gasteiger partial charge in [0.05, 0.1) is 60.3 Å². The molecule has 20 heteroatoms. The van der Waals surface area contributed by atoms with Gasteiger partial charge in [-0.1, -0.05) is 32.6 Å². The molecule has 2 aromatic rings. The van der Waals surface area contributed by atoms with Crippen LogP contribution < -0.4 is 5.43 Å². The Morgan fingerprint density at radius 3 is 2.28 bits per heavy atom. The van der Waals surface area contributed by atoms with E-state index in [0.717, 1.165) is 5.56 Å². The van der Waals surface area contributed by atoms with Gasteiger partial charge in [-0.3, -0.25) is 9.59 Å². The zero-order valence-electron chi connectivity index (χ0n) is 49.6. The van der Waals surface area contributed by atoms with Crippen LogP contribution >= 0.6 is 0 Å². The highest BCUT2D eigenvalue weighted by atomic mass is 16.7. The number of carboxylic acids is 1. The fourth-order valence-corrected chi connectivity index (χ4v) is 12.4. The lowest BCUT2D eigenvalue weighted by Crippen LogP contribution is -2.61. The summed E-state index contributed by atoms with van der Waals surface area (Å²) in [5.41, 5.74) is -4.19. The monoisotopic (exact) mass is 1120 g/mol. The Kier molecular flexibility index (Phi) is 21.5. The van der Waals surface area contributed by atoms with E-state index in [2.05, 4.69) is 11.8 Å². The third-order valence-electron chi connectivity index (χ3n) is 17.1. The largest absolute Gasteiger partial charge is 0.477 e. The number of pyridine rings is 1. The number of aromatic nitrogens is 1. The number of cyclic esters (lactones) is 1. The first-order valence-corrected chi connectivity index (χ1v) is 28.2. The number of likely N-dealkylation sites (N-methyl/N-ethyl adjacent to an activating group) is 2. The topological polar surface area (TPSA) is 247 Å². The van der Waals surface area contributed by atoms with Crippen LogP contribution in [0, 0.1) is 29.6 Å². The first-order valence-electron chi connectivity index (χ1n) is 28.2. The molecule has 20 nitrogen and oxygen atoms in total. The maximum atomic E-state index is 14.6. The zero-order valence-corrected chi connectivity index (χ0v) is 49.6. The van der Waals surface area contributed by atoms with Crippen molar-refractivity contribution in [1.29, 1.82) is 0 Å². The molecule has 3 fully saturated rings. The van der Waals surface area contributed by atoms with Gasteiger partial charge in [-0.25, -0.2) is 4.79 Å². The molecular formula is C59H93N3O17. The van der Waals surface area contributed by atoms with Gasteiger partial charge < -0.3 is 82.5 Å². The summed E-state index contributed by atoms with van der Waals surface area (Å²) >= 11 is 0. The number of carbonyl (C=O) groups is 2. The molecule has 4 aliphatic rings. The number of hydrogen-bond donors (Lipinski definition) is 5. The lowest BCUT2D eigenvalue weighted by Gasteiger charge is -2.49. The second-order valence-corrected chi connectivity index (χ2v) is 24.3. The van der Waals surface area contributed by atoms with Crippen molar-refractivity contribution in [2.45, 2.75) is 224 Å². The molecule has 5 heterocycles. The second kappa shape index (κ2) is 26.3. The van der Waals surface area contributed by atoms with Crippen LogP contribution in [0.2, 0.25) is 0 Å². The number of hydrogen-bond acceptors (Lipinski definition) is 18. The minimum atomic E-state index is -1.84. The summed E-state index contributed by atoms with van der Waals surface area (Å²) < 4.78 is 59.2. The number of carbonyl (C=O) groups excluding carboxylic acids is 1. The predicted octanol–water partition coefficient (Wildman–Crippen LogP) is 5.01. The summed E-state index contributed by atoms with van der Waals surface area (Å²) in [5.74, 6) is 2.16. The highest BCUT2D eigenvalue weighted by Crippen LogP contribution is 2.41. The molecule has 1 aromatic carbocycles. The summed E-state index contributed by atoms with van der Waals surface area (Å²) in [7, 11) is 7.20. The van der Waals surface area contributed by atoms with E-state index in [9.17, 15) is 39.9 Å². The van der Waals surface area contributed by atoms with Gasteiger partial charge in [-0.15, -0.1) is 0 Å². The molecule has 0 unspecified atom stereocenters. The van der Waals surface area contributed by atoms with Gasteiger partial charge in [-0.2, -0.15) is 0 Å². The molecule has 4 aliphatic heterocycles. The first kappa shape index (κ1) is 64.5. The first-order chi connectivity index (χ1) is 36.9. The van der Waals surface area contributed by atoms with Crippen LogP contribution in [0.15, 0.2) is 23.1 Å². The number of benzene rings is 1. The Morgan fingerprint density at radius 1 is 0.937 bits per heavy atom. The molecule has 79 heavy (non-hydrogen) atoms. The second-order valence-electron chi connectivity index (χ2n) is 24.3.